The van der Waals surface area contributed by atoms with Crippen molar-refractivity contribution < 1.29 is 4.42 Å². The molecule has 0 radical (unpaired) electrons. The molecule has 0 saturated carbocycles. The smallest absolute Gasteiger partial charge is 0.336 e. The monoisotopic (exact) mass is 394 g/mol. The summed E-state index contributed by atoms with van der Waals surface area (Å²) >= 11 is 1.43. The Morgan fingerprint density at radius 1 is 1.11 bits per heavy atom. The highest BCUT2D eigenvalue weighted by Gasteiger charge is 2.12. The lowest BCUT2D eigenvalue weighted by Crippen LogP contribution is -2.08. The summed E-state index contributed by atoms with van der Waals surface area (Å²) in [7, 11) is 0. The van der Waals surface area contributed by atoms with Crippen LogP contribution in [0.3, 0.4) is 0 Å². The van der Waals surface area contributed by atoms with Gasteiger partial charge in [-0.05, 0) is 66.6 Å². The third-order valence-electron chi connectivity index (χ3n) is 4.88. The second-order valence-corrected chi connectivity index (χ2v) is 8.43. The highest BCUT2D eigenvalue weighted by atomic mass is 32.2. The van der Waals surface area contributed by atoms with Crippen LogP contribution >= 0.6 is 11.8 Å². The third kappa shape index (κ3) is 4.30. The Hall–Kier alpha value is -2.53. The SMILES string of the molecule is Cc1cc2oc(=O)cc(CSC(N)=Nc3c(C)cccc3C)c2cc1C(C)C. The van der Waals surface area contributed by atoms with Crippen molar-refractivity contribution >= 4 is 33.6 Å². The van der Waals surface area contributed by atoms with Crippen molar-refractivity contribution in [2.75, 3.05) is 0 Å². The maximum absolute atomic E-state index is 12.0. The molecule has 1 aromatic heterocycles. The van der Waals surface area contributed by atoms with Crippen LogP contribution in [0.2, 0.25) is 0 Å². The van der Waals surface area contributed by atoms with Crippen molar-refractivity contribution in [2.24, 2.45) is 10.7 Å². The lowest BCUT2D eigenvalue weighted by Gasteiger charge is -2.13. The fraction of sp³-hybridized carbons (Fsp3) is 0.304. The number of rotatable bonds is 4. The first-order chi connectivity index (χ1) is 13.3. The molecule has 2 aromatic carbocycles. The molecule has 3 rings (SSSR count). The number of benzene rings is 2. The molecule has 0 aliphatic carbocycles. The number of thioether (sulfide) groups is 1. The van der Waals surface area contributed by atoms with Crippen LogP contribution in [0.25, 0.3) is 11.0 Å². The van der Waals surface area contributed by atoms with E-state index in [1.54, 1.807) is 6.07 Å². The number of hydrogen-bond donors (Lipinski definition) is 1. The molecule has 146 valence electrons. The van der Waals surface area contributed by atoms with E-state index >= 15 is 0 Å². The first-order valence-electron chi connectivity index (χ1n) is 9.36. The maximum Gasteiger partial charge on any atom is 0.336 e. The predicted octanol–water partition coefficient (Wildman–Crippen LogP) is 5.72. The van der Waals surface area contributed by atoms with Gasteiger partial charge in [-0.25, -0.2) is 9.79 Å². The van der Waals surface area contributed by atoms with Crippen molar-refractivity contribution in [1.29, 1.82) is 0 Å². The van der Waals surface area contributed by atoms with E-state index in [-0.39, 0.29) is 5.63 Å². The molecule has 2 N–H and O–H groups in total. The Bertz CT molecular complexity index is 1090. The Morgan fingerprint density at radius 3 is 2.43 bits per heavy atom. The minimum absolute atomic E-state index is 0.343. The lowest BCUT2D eigenvalue weighted by atomic mass is 9.95. The third-order valence-corrected chi connectivity index (χ3v) is 5.72. The molecule has 0 saturated heterocycles. The topological polar surface area (TPSA) is 68.6 Å². The van der Waals surface area contributed by atoms with Gasteiger partial charge in [0, 0.05) is 17.2 Å². The van der Waals surface area contributed by atoms with Crippen molar-refractivity contribution in [2.45, 2.75) is 46.3 Å². The second kappa shape index (κ2) is 8.23. The molecule has 1 heterocycles. The molecule has 0 bridgehead atoms. The number of amidine groups is 1. The van der Waals surface area contributed by atoms with Crippen LogP contribution < -0.4 is 11.4 Å². The summed E-state index contributed by atoms with van der Waals surface area (Å²) in [5.41, 5.74) is 12.8. The Morgan fingerprint density at radius 2 is 1.79 bits per heavy atom. The maximum atomic E-state index is 12.0. The summed E-state index contributed by atoms with van der Waals surface area (Å²) in [5.74, 6) is 0.954. The minimum Gasteiger partial charge on any atom is -0.423 e. The minimum atomic E-state index is -0.343. The van der Waals surface area contributed by atoms with Crippen LogP contribution in [-0.4, -0.2) is 5.17 Å². The van der Waals surface area contributed by atoms with E-state index in [2.05, 4.69) is 24.9 Å². The van der Waals surface area contributed by atoms with Crippen molar-refractivity contribution in [3.63, 3.8) is 0 Å². The Labute approximate surface area is 169 Å². The first-order valence-corrected chi connectivity index (χ1v) is 10.3. The summed E-state index contributed by atoms with van der Waals surface area (Å²) in [4.78, 5) is 16.6. The Kier molecular flexibility index (Phi) is 5.94. The number of hydrogen-bond acceptors (Lipinski definition) is 4. The van der Waals surface area contributed by atoms with Crippen LogP contribution in [0, 0.1) is 20.8 Å². The molecular formula is C23H26N2O2S. The summed E-state index contributed by atoms with van der Waals surface area (Å²) in [6.07, 6.45) is 0. The molecule has 0 spiro atoms. The van der Waals surface area contributed by atoms with E-state index in [0.717, 1.165) is 33.3 Å². The Balaban J connectivity index is 1.95. The number of para-hydroxylation sites is 1. The largest absolute Gasteiger partial charge is 0.423 e. The van der Waals surface area contributed by atoms with E-state index in [1.165, 1.54) is 17.3 Å². The number of aliphatic imine (C=N–C) groups is 1. The zero-order valence-corrected chi connectivity index (χ0v) is 17.8. The summed E-state index contributed by atoms with van der Waals surface area (Å²) in [6, 6.07) is 11.7. The normalized spacial score (nSPS) is 12.1. The molecule has 0 aliphatic heterocycles. The van der Waals surface area contributed by atoms with E-state index in [9.17, 15) is 4.79 Å². The van der Waals surface area contributed by atoms with Crippen LogP contribution in [0.4, 0.5) is 5.69 Å². The van der Waals surface area contributed by atoms with Gasteiger partial charge < -0.3 is 10.2 Å². The molecule has 0 unspecified atom stereocenters. The van der Waals surface area contributed by atoms with Gasteiger partial charge in [-0.2, -0.15) is 0 Å². The first kappa shape index (κ1) is 20.2. The zero-order chi connectivity index (χ0) is 20.4. The van der Waals surface area contributed by atoms with Gasteiger partial charge >= 0.3 is 5.63 Å². The van der Waals surface area contributed by atoms with Gasteiger partial charge in [0.1, 0.15) is 5.58 Å². The molecule has 4 nitrogen and oxygen atoms in total. The van der Waals surface area contributed by atoms with Crippen molar-refractivity contribution in [3.8, 4) is 0 Å². The summed E-state index contributed by atoms with van der Waals surface area (Å²) in [6.45, 7) is 10.4. The van der Waals surface area contributed by atoms with Gasteiger partial charge in [0.05, 0.1) is 5.69 Å². The van der Waals surface area contributed by atoms with Crippen molar-refractivity contribution in [3.05, 3.63) is 74.6 Å². The fourth-order valence-electron chi connectivity index (χ4n) is 3.41. The molecule has 28 heavy (non-hydrogen) atoms. The number of nitrogens with two attached hydrogens (primary N) is 1. The number of nitrogens with zero attached hydrogens (tertiary/aromatic N) is 1. The lowest BCUT2D eigenvalue weighted by molar-refractivity contribution is 0.559. The van der Waals surface area contributed by atoms with Gasteiger partial charge in [-0.1, -0.05) is 43.8 Å². The van der Waals surface area contributed by atoms with E-state index in [0.29, 0.717) is 22.4 Å². The van der Waals surface area contributed by atoms with E-state index < -0.39 is 0 Å². The molecule has 0 atom stereocenters. The zero-order valence-electron chi connectivity index (χ0n) is 17.0. The average Bonchev–Trinajstić information content (AvgIpc) is 2.62. The van der Waals surface area contributed by atoms with Gasteiger partial charge in [-0.15, -0.1) is 0 Å². The number of fused-ring (bicyclic) bond motifs is 1. The molecular weight excluding hydrogens is 368 g/mol. The van der Waals surface area contributed by atoms with Crippen LogP contribution in [0.5, 0.6) is 0 Å². The molecule has 0 amide bonds. The highest BCUT2D eigenvalue weighted by Crippen LogP contribution is 2.29. The standard InChI is InChI=1S/C23H26N2O2S/c1-13(2)18-11-19-17(10-21(26)27-20(19)9-16(18)5)12-28-23(24)25-22-14(3)7-6-8-15(22)4/h6-11,13H,12H2,1-5H3,(H2,24,25). The van der Waals surface area contributed by atoms with Gasteiger partial charge in [-0.3, -0.25) is 0 Å². The molecule has 0 aliphatic rings. The van der Waals surface area contributed by atoms with E-state index in [1.807, 2.05) is 45.0 Å². The number of aryl methyl sites for hydroxylation is 3. The van der Waals surface area contributed by atoms with Gasteiger partial charge in [0.15, 0.2) is 5.17 Å². The quantitative estimate of drug-likeness (QED) is 0.349. The van der Waals surface area contributed by atoms with Crippen molar-refractivity contribution in [1.82, 2.24) is 0 Å². The average molecular weight is 395 g/mol. The van der Waals surface area contributed by atoms with E-state index in [4.69, 9.17) is 10.2 Å². The summed E-state index contributed by atoms with van der Waals surface area (Å²) in [5, 5.41) is 1.44. The fourth-order valence-corrected chi connectivity index (χ4v) is 4.11. The second-order valence-electron chi connectivity index (χ2n) is 7.43. The molecule has 3 aromatic rings. The van der Waals surface area contributed by atoms with Gasteiger partial charge in [0.2, 0.25) is 0 Å². The van der Waals surface area contributed by atoms with Crippen LogP contribution in [-0.2, 0) is 5.75 Å². The summed E-state index contributed by atoms with van der Waals surface area (Å²) < 4.78 is 5.43. The van der Waals surface area contributed by atoms with Crippen LogP contribution in [0.15, 0.2) is 50.6 Å². The molecule has 5 heteroatoms. The highest BCUT2D eigenvalue weighted by molar-refractivity contribution is 8.13. The van der Waals surface area contributed by atoms with Gasteiger partial charge in [0.25, 0.3) is 0 Å². The molecule has 0 fully saturated rings. The van der Waals surface area contributed by atoms with Crippen LogP contribution in [0.1, 0.15) is 47.6 Å². The predicted molar refractivity (Wildman–Crippen MR) is 120 cm³/mol.